The monoisotopic (exact) mass is 998 g/mol. The second-order valence-corrected chi connectivity index (χ2v) is 21.7. The zero-order chi connectivity index (χ0) is 51.4. The standard InChI is InChI=1S/C65H123NO5/c1-3-5-7-9-11-13-15-16-17-31-34-38-41-45-49-53-57-63(68)62(61-67)66-64(69)58-54-50-46-42-39-35-32-29-27-25-23-21-19-18-20-22-24-26-28-30-33-36-40-44-48-52-56-60-71-65(70)59-55-51-47-43-37-14-12-10-8-6-4-2/h10,12,18-19,53,57,62-63,67-68H,3-9,11,13-17,20-52,54-56,58-61H2,1-2H3,(H,66,69)/b12-10-,19-18-,57-53+. The fourth-order valence-electron chi connectivity index (χ4n) is 9.73. The Balaban J connectivity index is 3.41. The first-order valence-corrected chi connectivity index (χ1v) is 31.8. The Kier molecular flexibility index (Phi) is 59.0. The lowest BCUT2D eigenvalue weighted by molar-refractivity contribution is -0.143. The lowest BCUT2D eigenvalue weighted by atomic mass is 10.0. The highest BCUT2D eigenvalue weighted by atomic mass is 16.5. The lowest BCUT2D eigenvalue weighted by Gasteiger charge is -2.20. The number of aliphatic hydroxyl groups excluding tert-OH is 2. The average molecular weight is 999 g/mol. The Morgan fingerprint density at radius 2 is 0.676 bits per heavy atom. The topological polar surface area (TPSA) is 95.9 Å². The first kappa shape index (κ1) is 69.1. The Morgan fingerprint density at radius 3 is 1.04 bits per heavy atom. The quantitative estimate of drug-likeness (QED) is 0.0321. The van der Waals surface area contributed by atoms with Crippen molar-refractivity contribution in [3.8, 4) is 0 Å². The van der Waals surface area contributed by atoms with Crippen LogP contribution >= 0.6 is 0 Å². The molecule has 0 aromatic heterocycles. The van der Waals surface area contributed by atoms with Gasteiger partial charge in [-0.3, -0.25) is 9.59 Å². The van der Waals surface area contributed by atoms with Gasteiger partial charge in [-0.05, 0) is 77.0 Å². The summed E-state index contributed by atoms with van der Waals surface area (Å²) in [5.41, 5.74) is 0. The summed E-state index contributed by atoms with van der Waals surface area (Å²) in [7, 11) is 0. The largest absolute Gasteiger partial charge is 0.466 e. The van der Waals surface area contributed by atoms with Crippen molar-refractivity contribution in [3.05, 3.63) is 36.5 Å². The molecule has 418 valence electrons. The van der Waals surface area contributed by atoms with Gasteiger partial charge in [-0.1, -0.05) is 288 Å². The summed E-state index contributed by atoms with van der Waals surface area (Å²) in [5.74, 6) is -0.0636. The van der Waals surface area contributed by atoms with E-state index in [1.165, 1.54) is 270 Å². The van der Waals surface area contributed by atoms with Crippen molar-refractivity contribution in [2.45, 2.75) is 353 Å². The van der Waals surface area contributed by atoms with Crippen molar-refractivity contribution < 1.29 is 24.5 Å². The third-order valence-corrected chi connectivity index (χ3v) is 14.6. The molecule has 0 spiro atoms. The van der Waals surface area contributed by atoms with Crippen LogP contribution in [0.1, 0.15) is 341 Å². The van der Waals surface area contributed by atoms with Gasteiger partial charge in [0.25, 0.3) is 0 Å². The number of rotatable bonds is 59. The van der Waals surface area contributed by atoms with E-state index in [2.05, 4.69) is 43.5 Å². The van der Waals surface area contributed by atoms with E-state index in [4.69, 9.17) is 4.74 Å². The maximum Gasteiger partial charge on any atom is 0.305 e. The predicted octanol–water partition coefficient (Wildman–Crippen LogP) is 20.0. The number of amides is 1. The van der Waals surface area contributed by atoms with Crippen LogP contribution in [0.25, 0.3) is 0 Å². The van der Waals surface area contributed by atoms with Gasteiger partial charge in [0.15, 0.2) is 0 Å². The molecule has 0 heterocycles. The third-order valence-electron chi connectivity index (χ3n) is 14.6. The molecule has 6 nitrogen and oxygen atoms in total. The van der Waals surface area contributed by atoms with Crippen molar-refractivity contribution in [2.75, 3.05) is 13.2 Å². The molecule has 2 unspecified atom stereocenters. The van der Waals surface area contributed by atoms with E-state index in [1.54, 1.807) is 6.08 Å². The van der Waals surface area contributed by atoms with Gasteiger partial charge >= 0.3 is 5.97 Å². The minimum absolute atomic E-state index is 0.00353. The number of carbonyl (C=O) groups is 2. The van der Waals surface area contributed by atoms with E-state index >= 15 is 0 Å². The summed E-state index contributed by atoms with van der Waals surface area (Å²) in [5, 5.41) is 23.2. The van der Waals surface area contributed by atoms with Crippen molar-refractivity contribution >= 4 is 11.9 Å². The van der Waals surface area contributed by atoms with Crippen molar-refractivity contribution in [3.63, 3.8) is 0 Å². The molecular formula is C65H123NO5. The van der Waals surface area contributed by atoms with Gasteiger partial charge in [0.2, 0.25) is 5.91 Å². The molecular weight excluding hydrogens is 875 g/mol. The molecule has 0 saturated heterocycles. The third kappa shape index (κ3) is 57.2. The number of allylic oxidation sites excluding steroid dienone is 5. The summed E-state index contributed by atoms with van der Waals surface area (Å²) in [6.45, 7) is 4.88. The summed E-state index contributed by atoms with van der Waals surface area (Å²) in [6.07, 6.45) is 76.2. The smallest absolute Gasteiger partial charge is 0.305 e. The number of aliphatic hydroxyl groups is 2. The van der Waals surface area contributed by atoms with Gasteiger partial charge in [0.05, 0.1) is 25.4 Å². The van der Waals surface area contributed by atoms with Crippen LogP contribution in [0, 0.1) is 0 Å². The summed E-state index contributed by atoms with van der Waals surface area (Å²) in [4.78, 5) is 24.5. The van der Waals surface area contributed by atoms with Crippen molar-refractivity contribution in [1.29, 1.82) is 0 Å². The molecule has 0 aromatic carbocycles. The molecule has 0 bridgehead atoms. The lowest BCUT2D eigenvalue weighted by Crippen LogP contribution is -2.45. The van der Waals surface area contributed by atoms with Crippen LogP contribution in [0.4, 0.5) is 0 Å². The maximum atomic E-state index is 12.5. The minimum atomic E-state index is -0.845. The van der Waals surface area contributed by atoms with E-state index in [-0.39, 0.29) is 18.5 Å². The van der Waals surface area contributed by atoms with Crippen LogP contribution in [0.5, 0.6) is 0 Å². The van der Waals surface area contributed by atoms with Gasteiger partial charge in [0.1, 0.15) is 0 Å². The number of esters is 1. The van der Waals surface area contributed by atoms with Gasteiger partial charge in [-0.2, -0.15) is 0 Å². The molecule has 0 saturated carbocycles. The Morgan fingerprint density at radius 1 is 0.380 bits per heavy atom. The Labute approximate surface area is 443 Å². The number of unbranched alkanes of at least 4 members (excludes halogenated alkanes) is 44. The molecule has 0 aromatic rings. The Hall–Kier alpha value is -1.92. The van der Waals surface area contributed by atoms with Gasteiger partial charge in [-0.15, -0.1) is 0 Å². The minimum Gasteiger partial charge on any atom is -0.466 e. The van der Waals surface area contributed by atoms with Crippen LogP contribution in [-0.2, 0) is 14.3 Å². The molecule has 0 fully saturated rings. The first-order valence-electron chi connectivity index (χ1n) is 31.8. The molecule has 0 aliphatic rings. The van der Waals surface area contributed by atoms with Crippen molar-refractivity contribution in [1.82, 2.24) is 5.32 Å². The Bertz CT molecular complexity index is 1150. The predicted molar refractivity (Wildman–Crippen MR) is 310 cm³/mol. The number of nitrogens with one attached hydrogen (secondary N) is 1. The highest BCUT2D eigenvalue weighted by Gasteiger charge is 2.18. The van der Waals surface area contributed by atoms with E-state index in [0.717, 1.165) is 44.9 Å². The van der Waals surface area contributed by atoms with E-state index in [9.17, 15) is 19.8 Å². The average Bonchev–Trinajstić information content (AvgIpc) is 3.37. The number of ether oxygens (including phenoxy) is 1. The number of carbonyl (C=O) groups excluding carboxylic acids is 2. The van der Waals surface area contributed by atoms with Crippen LogP contribution in [-0.4, -0.2) is 47.4 Å². The van der Waals surface area contributed by atoms with Gasteiger partial charge < -0.3 is 20.3 Å². The molecule has 0 aliphatic heterocycles. The molecule has 2 atom stereocenters. The summed E-state index contributed by atoms with van der Waals surface area (Å²) >= 11 is 0. The molecule has 0 radical (unpaired) electrons. The fourth-order valence-corrected chi connectivity index (χ4v) is 9.73. The van der Waals surface area contributed by atoms with E-state index in [1.807, 2.05) is 6.08 Å². The van der Waals surface area contributed by atoms with Crippen LogP contribution in [0.2, 0.25) is 0 Å². The van der Waals surface area contributed by atoms with E-state index in [0.29, 0.717) is 19.4 Å². The summed E-state index contributed by atoms with van der Waals surface area (Å²) < 4.78 is 5.46. The van der Waals surface area contributed by atoms with Crippen LogP contribution < -0.4 is 5.32 Å². The first-order chi connectivity index (χ1) is 35.0. The molecule has 0 aliphatic carbocycles. The summed E-state index contributed by atoms with van der Waals surface area (Å²) in [6, 6.07) is -0.628. The maximum absolute atomic E-state index is 12.5. The zero-order valence-electron chi connectivity index (χ0n) is 47.7. The highest BCUT2D eigenvalue weighted by Crippen LogP contribution is 2.17. The van der Waals surface area contributed by atoms with Gasteiger partial charge in [-0.25, -0.2) is 0 Å². The fraction of sp³-hybridized carbons (Fsp3) is 0.877. The molecule has 71 heavy (non-hydrogen) atoms. The second-order valence-electron chi connectivity index (χ2n) is 21.7. The van der Waals surface area contributed by atoms with E-state index < -0.39 is 12.1 Å². The molecule has 6 heteroatoms. The molecule has 3 N–H and O–H groups in total. The SMILES string of the molecule is CCCC/C=C\CCCCCCCC(=O)OCCCCCCCCCCCCCC/C=C\CCCCCCCCCCCCCC(=O)NC(CO)C(O)/C=C/CCCCCCCCCCCCCCCC. The number of hydrogen-bond donors (Lipinski definition) is 3. The molecule has 0 rings (SSSR count). The normalized spacial score (nSPS) is 12.8. The van der Waals surface area contributed by atoms with Gasteiger partial charge in [0, 0.05) is 12.8 Å². The van der Waals surface area contributed by atoms with Crippen molar-refractivity contribution in [2.24, 2.45) is 0 Å². The van der Waals surface area contributed by atoms with Crippen LogP contribution in [0.3, 0.4) is 0 Å². The second kappa shape index (κ2) is 60.6. The van der Waals surface area contributed by atoms with Crippen LogP contribution in [0.15, 0.2) is 36.5 Å². The molecule has 1 amide bonds. The zero-order valence-corrected chi connectivity index (χ0v) is 47.7. The number of hydrogen-bond acceptors (Lipinski definition) is 5. The highest BCUT2D eigenvalue weighted by molar-refractivity contribution is 5.76.